The maximum atomic E-state index is 12.8. The van der Waals surface area contributed by atoms with E-state index in [-0.39, 0.29) is 23.7 Å². The van der Waals surface area contributed by atoms with Crippen LogP contribution in [0.25, 0.3) is 0 Å². The second-order valence-corrected chi connectivity index (χ2v) is 5.99. The summed E-state index contributed by atoms with van der Waals surface area (Å²) in [6.07, 6.45) is 1.49. The van der Waals surface area contributed by atoms with Crippen molar-refractivity contribution < 1.29 is 14.0 Å². The van der Waals surface area contributed by atoms with Gasteiger partial charge in [0.1, 0.15) is 5.82 Å². The number of carbonyl (C=O) groups excluding carboxylic acids is 2. The molecular weight excluding hydrogens is 319 g/mol. The van der Waals surface area contributed by atoms with Crippen LogP contribution in [-0.4, -0.2) is 24.4 Å². The van der Waals surface area contributed by atoms with E-state index in [1.807, 2.05) is 13.8 Å². The van der Waals surface area contributed by atoms with Crippen LogP contribution >= 0.6 is 0 Å². The van der Waals surface area contributed by atoms with Crippen LogP contribution in [0, 0.1) is 5.82 Å². The average Bonchev–Trinajstić information content (AvgIpc) is 2.63. The SMILES string of the molecule is CCC(C)NC(=O)c1ccc(C(=O)NCCc2ccc(F)cc2)cc1. The van der Waals surface area contributed by atoms with E-state index >= 15 is 0 Å². The Morgan fingerprint density at radius 1 is 0.960 bits per heavy atom. The zero-order chi connectivity index (χ0) is 18.2. The third-order valence-electron chi connectivity index (χ3n) is 4.01. The third-order valence-corrected chi connectivity index (χ3v) is 4.01. The van der Waals surface area contributed by atoms with E-state index < -0.39 is 0 Å². The van der Waals surface area contributed by atoms with Crippen molar-refractivity contribution in [2.75, 3.05) is 6.54 Å². The summed E-state index contributed by atoms with van der Waals surface area (Å²) in [6.45, 7) is 4.41. The molecule has 25 heavy (non-hydrogen) atoms. The number of carbonyl (C=O) groups is 2. The summed E-state index contributed by atoms with van der Waals surface area (Å²) in [5, 5.41) is 5.70. The fourth-order valence-corrected chi connectivity index (χ4v) is 2.26. The van der Waals surface area contributed by atoms with E-state index in [0.717, 1.165) is 12.0 Å². The smallest absolute Gasteiger partial charge is 0.251 e. The summed E-state index contributed by atoms with van der Waals surface area (Å²) >= 11 is 0. The van der Waals surface area contributed by atoms with Crippen molar-refractivity contribution in [2.45, 2.75) is 32.7 Å². The standard InChI is InChI=1S/C20H23FN2O2/c1-3-14(2)23-20(25)17-8-6-16(7-9-17)19(24)22-13-12-15-4-10-18(21)11-5-15/h4-11,14H,3,12-13H2,1-2H3,(H,22,24)(H,23,25). The first-order chi connectivity index (χ1) is 12.0. The van der Waals surface area contributed by atoms with Crippen molar-refractivity contribution in [3.8, 4) is 0 Å². The van der Waals surface area contributed by atoms with E-state index in [0.29, 0.717) is 24.1 Å². The molecule has 0 radical (unpaired) electrons. The van der Waals surface area contributed by atoms with Gasteiger partial charge in [-0.15, -0.1) is 0 Å². The van der Waals surface area contributed by atoms with Gasteiger partial charge < -0.3 is 10.6 Å². The van der Waals surface area contributed by atoms with Crippen molar-refractivity contribution in [3.05, 3.63) is 71.0 Å². The molecule has 132 valence electrons. The monoisotopic (exact) mass is 342 g/mol. The predicted octanol–water partition coefficient (Wildman–Crippen LogP) is 3.33. The Morgan fingerprint density at radius 2 is 1.52 bits per heavy atom. The number of benzene rings is 2. The van der Waals surface area contributed by atoms with Gasteiger partial charge in [0, 0.05) is 23.7 Å². The molecule has 5 heteroatoms. The van der Waals surface area contributed by atoms with Gasteiger partial charge in [-0.25, -0.2) is 4.39 Å². The molecule has 0 aliphatic heterocycles. The van der Waals surface area contributed by atoms with Crippen LogP contribution in [0.5, 0.6) is 0 Å². The molecule has 0 fully saturated rings. The van der Waals surface area contributed by atoms with Gasteiger partial charge in [-0.3, -0.25) is 9.59 Å². The maximum Gasteiger partial charge on any atom is 0.251 e. The first-order valence-electron chi connectivity index (χ1n) is 8.43. The topological polar surface area (TPSA) is 58.2 Å². The van der Waals surface area contributed by atoms with Crippen LogP contribution in [0.4, 0.5) is 4.39 Å². The molecular formula is C20H23FN2O2. The highest BCUT2D eigenvalue weighted by Crippen LogP contribution is 2.06. The van der Waals surface area contributed by atoms with Gasteiger partial charge in [0.15, 0.2) is 0 Å². The molecule has 0 saturated heterocycles. The van der Waals surface area contributed by atoms with Crippen molar-refractivity contribution >= 4 is 11.8 Å². The van der Waals surface area contributed by atoms with Crippen LogP contribution in [0.15, 0.2) is 48.5 Å². The molecule has 4 nitrogen and oxygen atoms in total. The van der Waals surface area contributed by atoms with Crippen LogP contribution in [0.2, 0.25) is 0 Å². The van der Waals surface area contributed by atoms with Gasteiger partial charge in [0.2, 0.25) is 0 Å². The van der Waals surface area contributed by atoms with Gasteiger partial charge in [-0.2, -0.15) is 0 Å². The number of nitrogens with one attached hydrogen (secondary N) is 2. The lowest BCUT2D eigenvalue weighted by Crippen LogP contribution is -2.32. The Kier molecular flexibility index (Phi) is 6.69. The highest BCUT2D eigenvalue weighted by Gasteiger charge is 2.10. The van der Waals surface area contributed by atoms with Gasteiger partial charge in [-0.1, -0.05) is 19.1 Å². The van der Waals surface area contributed by atoms with Crippen molar-refractivity contribution in [1.29, 1.82) is 0 Å². The molecule has 0 bridgehead atoms. The summed E-state index contributed by atoms with van der Waals surface area (Å²) in [5.41, 5.74) is 1.99. The summed E-state index contributed by atoms with van der Waals surface area (Å²) in [5.74, 6) is -0.612. The Morgan fingerprint density at radius 3 is 2.08 bits per heavy atom. The Bertz CT molecular complexity index is 711. The molecule has 0 aromatic heterocycles. The summed E-state index contributed by atoms with van der Waals surface area (Å²) in [7, 11) is 0. The molecule has 0 aliphatic carbocycles. The summed E-state index contributed by atoms with van der Waals surface area (Å²) in [4.78, 5) is 24.1. The molecule has 2 N–H and O–H groups in total. The molecule has 0 aliphatic rings. The van der Waals surface area contributed by atoms with Crippen LogP contribution in [-0.2, 0) is 6.42 Å². The van der Waals surface area contributed by atoms with Crippen LogP contribution in [0.1, 0.15) is 46.5 Å². The lowest BCUT2D eigenvalue weighted by molar-refractivity contribution is 0.0932. The molecule has 0 heterocycles. The number of rotatable bonds is 7. The van der Waals surface area contributed by atoms with Gasteiger partial charge in [0.05, 0.1) is 0 Å². The third kappa shape index (κ3) is 5.71. The fraction of sp³-hybridized carbons (Fsp3) is 0.300. The number of amides is 2. The average molecular weight is 342 g/mol. The Balaban J connectivity index is 1.85. The predicted molar refractivity (Wildman–Crippen MR) is 96.1 cm³/mol. The molecule has 2 rings (SSSR count). The highest BCUT2D eigenvalue weighted by molar-refractivity contribution is 5.97. The minimum Gasteiger partial charge on any atom is -0.352 e. The second-order valence-electron chi connectivity index (χ2n) is 5.99. The Hall–Kier alpha value is -2.69. The molecule has 2 aromatic rings. The molecule has 2 amide bonds. The first-order valence-corrected chi connectivity index (χ1v) is 8.43. The normalized spacial score (nSPS) is 11.6. The quantitative estimate of drug-likeness (QED) is 0.811. The highest BCUT2D eigenvalue weighted by atomic mass is 19.1. The molecule has 1 atom stereocenters. The maximum absolute atomic E-state index is 12.8. The molecule has 0 saturated carbocycles. The van der Waals surface area contributed by atoms with Crippen molar-refractivity contribution in [1.82, 2.24) is 10.6 Å². The number of halogens is 1. The van der Waals surface area contributed by atoms with Gasteiger partial charge >= 0.3 is 0 Å². The van der Waals surface area contributed by atoms with Gasteiger partial charge in [0.25, 0.3) is 11.8 Å². The Labute approximate surface area is 147 Å². The first kappa shape index (κ1) is 18.6. The van der Waals surface area contributed by atoms with E-state index in [1.54, 1.807) is 36.4 Å². The zero-order valence-electron chi connectivity index (χ0n) is 14.5. The van der Waals surface area contributed by atoms with Gasteiger partial charge in [-0.05, 0) is 61.7 Å². The lowest BCUT2D eigenvalue weighted by atomic mass is 10.1. The lowest BCUT2D eigenvalue weighted by Gasteiger charge is -2.11. The number of hydrogen-bond acceptors (Lipinski definition) is 2. The minimum absolute atomic E-state index is 0.113. The minimum atomic E-state index is -0.273. The summed E-state index contributed by atoms with van der Waals surface area (Å²) < 4.78 is 12.8. The number of hydrogen-bond donors (Lipinski definition) is 2. The van der Waals surface area contributed by atoms with E-state index in [1.165, 1.54) is 12.1 Å². The fourth-order valence-electron chi connectivity index (χ4n) is 2.26. The summed E-state index contributed by atoms with van der Waals surface area (Å²) in [6, 6.07) is 12.9. The van der Waals surface area contributed by atoms with E-state index in [4.69, 9.17) is 0 Å². The van der Waals surface area contributed by atoms with Crippen molar-refractivity contribution in [3.63, 3.8) is 0 Å². The van der Waals surface area contributed by atoms with E-state index in [2.05, 4.69) is 10.6 Å². The molecule has 1 unspecified atom stereocenters. The molecule has 2 aromatic carbocycles. The molecule has 0 spiro atoms. The van der Waals surface area contributed by atoms with Crippen LogP contribution < -0.4 is 10.6 Å². The second kappa shape index (κ2) is 8.97. The largest absolute Gasteiger partial charge is 0.352 e. The van der Waals surface area contributed by atoms with Crippen molar-refractivity contribution in [2.24, 2.45) is 0 Å². The zero-order valence-corrected chi connectivity index (χ0v) is 14.5. The van der Waals surface area contributed by atoms with E-state index in [9.17, 15) is 14.0 Å². The van der Waals surface area contributed by atoms with Crippen LogP contribution in [0.3, 0.4) is 0 Å².